The van der Waals surface area contributed by atoms with Gasteiger partial charge in [0.1, 0.15) is 11.5 Å². The summed E-state index contributed by atoms with van der Waals surface area (Å²) in [6, 6.07) is 29.1. The molecule has 0 spiro atoms. The predicted octanol–water partition coefficient (Wildman–Crippen LogP) is 5.71. The molecule has 0 saturated heterocycles. The first-order chi connectivity index (χ1) is 14.6. The van der Waals surface area contributed by atoms with Crippen LogP contribution in [0.1, 0.15) is 0 Å². The fourth-order valence-electron chi connectivity index (χ4n) is 3.76. The summed E-state index contributed by atoms with van der Waals surface area (Å²) in [5, 5.41) is 2.13. The maximum atomic E-state index is 5.86. The van der Waals surface area contributed by atoms with Crippen molar-refractivity contribution in [2.75, 3.05) is 14.2 Å². The fourth-order valence-corrected chi connectivity index (χ4v) is 4.78. The average molecular weight is 430 g/mol. The van der Waals surface area contributed by atoms with Crippen LogP contribution in [0.25, 0.3) is 33.4 Å². The van der Waals surface area contributed by atoms with Gasteiger partial charge in [0, 0.05) is 11.1 Å². The third kappa shape index (κ3) is 3.86. The molecule has 4 rings (SSSR count). The Balaban J connectivity index is 1.96. The van der Waals surface area contributed by atoms with Gasteiger partial charge in [-0.05, 0) is 51.1 Å². The summed E-state index contributed by atoms with van der Waals surface area (Å²) >= 11 is 0. The van der Waals surface area contributed by atoms with Gasteiger partial charge in [0.05, 0.1) is 14.2 Å². The summed E-state index contributed by atoms with van der Waals surface area (Å²) in [6.07, 6.45) is 0. The molecule has 2 atom stereocenters. The molecular formula is C26H24O2P2. The first kappa shape index (κ1) is 20.6. The number of rotatable bonds is 5. The van der Waals surface area contributed by atoms with Gasteiger partial charge in [0.15, 0.2) is 0 Å². The molecule has 2 unspecified atom stereocenters. The van der Waals surface area contributed by atoms with Gasteiger partial charge in [0.25, 0.3) is 0 Å². The highest BCUT2D eigenvalue weighted by atomic mass is 31.0. The second kappa shape index (κ2) is 9.00. The normalized spacial score (nSPS) is 10.7. The van der Waals surface area contributed by atoms with Crippen molar-refractivity contribution in [3.05, 3.63) is 84.9 Å². The molecule has 0 fully saturated rings. The molecule has 4 aromatic carbocycles. The van der Waals surface area contributed by atoms with E-state index in [9.17, 15) is 0 Å². The molecule has 0 aromatic heterocycles. The monoisotopic (exact) mass is 430 g/mol. The van der Waals surface area contributed by atoms with Gasteiger partial charge in [-0.3, -0.25) is 0 Å². The molecular weight excluding hydrogens is 406 g/mol. The molecule has 4 aromatic rings. The third-order valence-electron chi connectivity index (χ3n) is 5.22. The SMILES string of the molecule is COc1cc(-c2ccccc2)cc(P)c1-c1c(OC)ccc(-c2ccccc2)c1P. The van der Waals surface area contributed by atoms with E-state index in [-0.39, 0.29) is 0 Å². The van der Waals surface area contributed by atoms with Gasteiger partial charge < -0.3 is 9.47 Å². The zero-order valence-corrected chi connectivity index (χ0v) is 19.4. The minimum absolute atomic E-state index is 0.813. The highest BCUT2D eigenvalue weighted by molar-refractivity contribution is 7.29. The van der Waals surface area contributed by atoms with E-state index in [1.54, 1.807) is 14.2 Å². The molecule has 0 amide bonds. The van der Waals surface area contributed by atoms with E-state index in [4.69, 9.17) is 9.47 Å². The maximum absolute atomic E-state index is 5.86. The molecule has 0 saturated carbocycles. The first-order valence-electron chi connectivity index (χ1n) is 9.69. The second-order valence-electron chi connectivity index (χ2n) is 6.98. The molecule has 0 bridgehead atoms. The van der Waals surface area contributed by atoms with Gasteiger partial charge in [-0.1, -0.05) is 66.7 Å². The van der Waals surface area contributed by atoms with E-state index < -0.39 is 0 Å². The topological polar surface area (TPSA) is 18.5 Å². The molecule has 0 aliphatic heterocycles. The second-order valence-corrected chi connectivity index (χ2v) is 8.18. The zero-order chi connectivity index (χ0) is 21.1. The van der Waals surface area contributed by atoms with Crippen molar-refractivity contribution in [3.8, 4) is 44.9 Å². The van der Waals surface area contributed by atoms with Crippen molar-refractivity contribution in [1.82, 2.24) is 0 Å². The lowest BCUT2D eigenvalue weighted by atomic mass is 9.95. The smallest absolute Gasteiger partial charge is 0.128 e. The summed E-state index contributed by atoms with van der Waals surface area (Å²) in [7, 11) is 9.21. The Hall–Kier alpha value is -2.66. The van der Waals surface area contributed by atoms with Crippen LogP contribution in [0.2, 0.25) is 0 Å². The van der Waals surface area contributed by atoms with Crippen LogP contribution in [0.15, 0.2) is 84.9 Å². The lowest BCUT2D eigenvalue weighted by Crippen LogP contribution is -2.11. The summed E-state index contributed by atoms with van der Waals surface area (Å²) < 4.78 is 11.6. The molecule has 2 nitrogen and oxygen atoms in total. The Morgan fingerprint density at radius 1 is 0.567 bits per heavy atom. The average Bonchev–Trinajstić information content (AvgIpc) is 2.80. The van der Waals surface area contributed by atoms with Crippen LogP contribution >= 0.6 is 18.5 Å². The third-order valence-corrected chi connectivity index (χ3v) is 6.28. The van der Waals surface area contributed by atoms with Gasteiger partial charge in [-0.2, -0.15) is 0 Å². The quantitative estimate of drug-likeness (QED) is 0.378. The van der Waals surface area contributed by atoms with Crippen molar-refractivity contribution < 1.29 is 9.47 Å². The molecule has 0 N–H and O–H groups in total. The Labute approximate surface area is 182 Å². The Kier molecular flexibility index (Phi) is 6.18. The van der Waals surface area contributed by atoms with Crippen molar-refractivity contribution >= 4 is 29.1 Å². The van der Waals surface area contributed by atoms with Crippen molar-refractivity contribution in [2.45, 2.75) is 0 Å². The summed E-state index contributed by atoms with van der Waals surface area (Å²) in [5.74, 6) is 1.63. The highest BCUT2D eigenvalue weighted by Gasteiger charge is 2.20. The summed E-state index contributed by atoms with van der Waals surface area (Å²) in [5.41, 5.74) is 6.62. The Bertz CT molecular complexity index is 1170. The van der Waals surface area contributed by atoms with Gasteiger partial charge >= 0.3 is 0 Å². The van der Waals surface area contributed by atoms with E-state index in [1.165, 1.54) is 0 Å². The fraction of sp³-hybridized carbons (Fsp3) is 0.0769. The van der Waals surface area contributed by atoms with Gasteiger partial charge in [-0.15, -0.1) is 18.5 Å². The number of ether oxygens (including phenoxy) is 2. The minimum Gasteiger partial charge on any atom is -0.496 e. The van der Waals surface area contributed by atoms with E-state index in [1.807, 2.05) is 30.3 Å². The van der Waals surface area contributed by atoms with Crippen molar-refractivity contribution in [3.63, 3.8) is 0 Å². The van der Waals surface area contributed by atoms with Gasteiger partial charge in [-0.25, -0.2) is 0 Å². The van der Waals surface area contributed by atoms with E-state index in [2.05, 4.69) is 73.1 Å². The number of benzene rings is 4. The van der Waals surface area contributed by atoms with Crippen LogP contribution in [-0.2, 0) is 0 Å². The van der Waals surface area contributed by atoms with E-state index in [0.717, 1.165) is 55.5 Å². The largest absolute Gasteiger partial charge is 0.496 e. The number of methoxy groups -OCH3 is 2. The summed E-state index contributed by atoms with van der Waals surface area (Å²) in [4.78, 5) is 0. The van der Waals surface area contributed by atoms with Crippen LogP contribution < -0.4 is 20.1 Å². The molecule has 150 valence electrons. The molecule has 0 heterocycles. The molecule has 4 heteroatoms. The van der Waals surface area contributed by atoms with Crippen LogP contribution in [0.5, 0.6) is 11.5 Å². The standard InChI is InChI=1S/C26H24O2P2/c1-27-21-14-13-20(18-11-7-4-8-12-18)26(30)25(21)24-22(28-2)15-19(16-23(24)29)17-9-5-3-6-10-17/h3-16H,29-30H2,1-2H3. The zero-order valence-electron chi connectivity index (χ0n) is 17.1. The predicted molar refractivity (Wildman–Crippen MR) is 135 cm³/mol. The lowest BCUT2D eigenvalue weighted by Gasteiger charge is -2.20. The van der Waals surface area contributed by atoms with Gasteiger partial charge in [0.2, 0.25) is 0 Å². The van der Waals surface area contributed by atoms with Crippen LogP contribution in [0.4, 0.5) is 0 Å². The maximum Gasteiger partial charge on any atom is 0.128 e. The van der Waals surface area contributed by atoms with Crippen LogP contribution in [0.3, 0.4) is 0 Å². The lowest BCUT2D eigenvalue weighted by molar-refractivity contribution is 0.411. The Morgan fingerprint density at radius 3 is 1.77 bits per heavy atom. The van der Waals surface area contributed by atoms with Crippen LogP contribution in [0, 0.1) is 0 Å². The molecule has 0 aliphatic carbocycles. The molecule has 0 radical (unpaired) electrons. The first-order valence-corrected chi connectivity index (χ1v) is 10.8. The minimum atomic E-state index is 0.813. The number of hydrogen-bond acceptors (Lipinski definition) is 2. The molecule has 0 aliphatic rings. The van der Waals surface area contributed by atoms with Crippen LogP contribution in [-0.4, -0.2) is 14.2 Å². The van der Waals surface area contributed by atoms with E-state index in [0.29, 0.717) is 0 Å². The molecule has 30 heavy (non-hydrogen) atoms. The van der Waals surface area contributed by atoms with E-state index >= 15 is 0 Å². The summed E-state index contributed by atoms with van der Waals surface area (Å²) in [6.45, 7) is 0. The Morgan fingerprint density at radius 2 is 1.17 bits per heavy atom. The van der Waals surface area contributed by atoms with Crippen molar-refractivity contribution in [2.24, 2.45) is 0 Å². The highest BCUT2D eigenvalue weighted by Crippen LogP contribution is 2.40. The number of hydrogen-bond donors (Lipinski definition) is 0. The van der Waals surface area contributed by atoms with Crippen molar-refractivity contribution in [1.29, 1.82) is 0 Å².